The third-order valence-electron chi connectivity index (χ3n) is 4.56. The van der Waals surface area contributed by atoms with E-state index in [4.69, 9.17) is 5.73 Å². The fraction of sp³-hybridized carbons (Fsp3) is 0.235. The molecule has 3 heterocycles. The largest absolute Gasteiger partial charge is 0.382 e. The SMILES string of the molecule is Cn1nc(N)c2c(-c3ccc([N+](=O)[O-])cc3)cc(N3CCNC(=O)C3)nc21. The number of fused-ring (bicyclic) bond motifs is 1. The fourth-order valence-electron chi connectivity index (χ4n) is 3.25. The molecule has 0 unspecified atom stereocenters. The van der Waals surface area contributed by atoms with Crippen LogP contribution in [0.15, 0.2) is 30.3 Å². The summed E-state index contributed by atoms with van der Waals surface area (Å²) in [4.78, 5) is 28.8. The highest BCUT2D eigenvalue weighted by atomic mass is 16.6. The van der Waals surface area contributed by atoms with Gasteiger partial charge >= 0.3 is 0 Å². The Kier molecular flexibility index (Phi) is 3.87. The number of nitrogens with one attached hydrogen (secondary N) is 1. The minimum absolute atomic E-state index is 0.0103. The molecule has 1 aliphatic rings. The van der Waals surface area contributed by atoms with Crippen LogP contribution in [0.3, 0.4) is 0 Å². The Morgan fingerprint density at radius 3 is 2.70 bits per heavy atom. The van der Waals surface area contributed by atoms with Crippen LogP contribution in [-0.2, 0) is 11.8 Å². The van der Waals surface area contributed by atoms with Crippen molar-refractivity contribution in [3.05, 3.63) is 40.4 Å². The number of nitrogen functional groups attached to an aromatic ring is 1. The number of anilines is 2. The quantitative estimate of drug-likeness (QED) is 0.522. The third-order valence-corrected chi connectivity index (χ3v) is 4.56. The van der Waals surface area contributed by atoms with Gasteiger partial charge in [-0.1, -0.05) is 0 Å². The first-order valence-corrected chi connectivity index (χ1v) is 8.34. The van der Waals surface area contributed by atoms with Crippen LogP contribution in [0.25, 0.3) is 22.2 Å². The van der Waals surface area contributed by atoms with Crippen LogP contribution in [0.2, 0.25) is 0 Å². The number of hydrogen-bond acceptors (Lipinski definition) is 7. The first-order chi connectivity index (χ1) is 12.9. The van der Waals surface area contributed by atoms with Gasteiger partial charge in [-0.25, -0.2) is 9.67 Å². The second-order valence-corrected chi connectivity index (χ2v) is 6.31. The molecule has 0 bridgehead atoms. The first-order valence-electron chi connectivity index (χ1n) is 8.34. The van der Waals surface area contributed by atoms with E-state index < -0.39 is 4.92 Å². The van der Waals surface area contributed by atoms with Crippen LogP contribution in [0.4, 0.5) is 17.3 Å². The number of non-ortho nitro benzene ring substituents is 1. The normalized spacial score (nSPS) is 14.4. The van der Waals surface area contributed by atoms with E-state index in [0.717, 1.165) is 11.1 Å². The van der Waals surface area contributed by atoms with Gasteiger partial charge in [-0.05, 0) is 23.8 Å². The lowest BCUT2D eigenvalue weighted by Gasteiger charge is -2.28. The van der Waals surface area contributed by atoms with Gasteiger partial charge in [0.2, 0.25) is 5.91 Å². The molecule has 1 aliphatic heterocycles. The molecular formula is C17H17N7O3. The van der Waals surface area contributed by atoms with E-state index in [-0.39, 0.29) is 18.1 Å². The molecule has 27 heavy (non-hydrogen) atoms. The van der Waals surface area contributed by atoms with Crippen molar-refractivity contribution in [3.8, 4) is 11.1 Å². The molecule has 3 aromatic rings. The van der Waals surface area contributed by atoms with Gasteiger partial charge in [0, 0.05) is 37.8 Å². The van der Waals surface area contributed by atoms with Gasteiger partial charge in [0.1, 0.15) is 5.82 Å². The zero-order valence-electron chi connectivity index (χ0n) is 14.5. The van der Waals surface area contributed by atoms with E-state index in [0.29, 0.717) is 35.8 Å². The number of nitro groups is 1. The number of aromatic nitrogens is 3. The lowest BCUT2D eigenvalue weighted by molar-refractivity contribution is -0.384. The minimum atomic E-state index is -0.442. The van der Waals surface area contributed by atoms with E-state index in [1.807, 2.05) is 11.0 Å². The number of nitrogens with zero attached hydrogens (tertiary/aromatic N) is 5. The van der Waals surface area contributed by atoms with Crippen LogP contribution in [0.1, 0.15) is 0 Å². The van der Waals surface area contributed by atoms with Crippen LogP contribution in [0.5, 0.6) is 0 Å². The molecule has 0 saturated carbocycles. The zero-order chi connectivity index (χ0) is 19.1. The maximum absolute atomic E-state index is 11.8. The van der Waals surface area contributed by atoms with Crippen LogP contribution >= 0.6 is 0 Å². The number of piperazine rings is 1. The number of nitro benzene ring substituents is 1. The second kappa shape index (κ2) is 6.24. The van der Waals surface area contributed by atoms with Crippen LogP contribution in [-0.4, -0.2) is 45.2 Å². The Balaban J connectivity index is 1.89. The molecule has 1 fully saturated rings. The summed E-state index contributed by atoms with van der Waals surface area (Å²) in [6.07, 6.45) is 0. The van der Waals surface area contributed by atoms with Crippen molar-refractivity contribution in [2.45, 2.75) is 0 Å². The molecule has 1 saturated heterocycles. The lowest BCUT2D eigenvalue weighted by atomic mass is 10.0. The van der Waals surface area contributed by atoms with E-state index >= 15 is 0 Å². The summed E-state index contributed by atoms with van der Waals surface area (Å²) < 4.78 is 1.59. The van der Waals surface area contributed by atoms with Crippen molar-refractivity contribution >= 4 is 34.3 Å². The van der Waals surface area contributed by atoms with Crippen molar-refractivity contribution in [2.24, 2.45) is 7.05 Å². The summed E-state index contributed by atoms with van der Waals surface area (Å²) in [6.45, 7) is 1.39. The number of rotatable bonds is 3. The fourth-order valence-corrected chi connectivity index (χ4v) is 3.25. The monoisotopic (exact) mass is 367 g/mol. The van der Waals surface area contributed by atoms with Crippen molar-refractivity contribution in [2.75, 3.05) is 30.3 Å². The Morgan fingerprint density at radius 1 is 1.30 bits per heavy atom. The predicted molar refractivity (Wildman–Crippen MR) is 100 cm³/mol. The molecule has 0 radical (unpaired) electrons. The maximum Gasteiger partial charge on any atom is 0.269 e. The maximum atomic E-state index is 11.8. The highest BCUT2D eigenvalue weighted by Gasteiger charge is 2.22. The lowest BCUT2D eigenvalue weighted by Crippen LogP contribution is -2.48. The molecule has 3 N–H and O–H groups in total. The van der Waals surface area contributed by atoms with Gasteiger partial charge in [0.05, 0.1) is 16.9 Å². The average Bonchev–Trinajstić information content (AvgIpc) is 2.95. The summed E-state index contributed by atoms with van der Waals surface area (Å²) in [5.41, 5.74) is 8.21. The molecule has 0 spiro atoms. The Labute approximate surface area is 153 Å². The van der Waals surface area contributed by atoms with E-state index in [2.05, 4.69) is 15.4 Å². The van der Waals surface area contributed by atoms with Crippen molar-refractivity contribution in [3.63, 3.8) is 0 Å². The predicted octanol–water partition coefficient (Wildman–Crippen LogP) is 1.06. The summed E-state index contributed by atoms with van der Waals surface area (Å²) in [5.74, 6) is 0.898. The molecule has 10 nitrogen and oxygen atoms in total. The minimum Gasteiger partial charge on any atom is -0.382 e. The molecule has 10 heteroatoms. The van der Waals surface area contributed by atoms with Gasteiger partial charge in [-0.15, -0.1) is 0 Å². The van der Waals surface area contributed by atoms with E-state index in [1.165, 1.54) is 12.1 Å². The molecule has 4 rings (SSSR count). The summed E-state index contributed by atoms with van der Waals surface area (Å²) in [7, 11) is 1.75. The number of pyridine rings is 1. The summed E-state index contributed by atoms with van der Waals surface area (Å²) in [6, 6.07) is 8.09. The highest BCUT2D eigenvalue weighted by molar-refractivity contribution is 6.01. The Bertz CT molecular complexity index is 1060. The van der Waals surface area contributed by atoms with Crippen LogP contribution < -0.4 is 16.0 Å². The smallest absolute Gasteiger partial charge is 0.269 e. The van der Waals surface area contributed by atoms with Gasteiger partial charge in [0.25, 0.3) is 5.69 Å². The van der Waals surface area contributed by atoms with Gasteiger partial charge < -0.3 is 16.0 Å². The molecule has 2 aromatic heterocycles. The molecule has 0 atom stereocenters. The zero-order valence-corrected chi connectivity index (χ0v) is 14.5. The summed E-state index contributed by atoms with van der Waals surface area (Å²) >= 11 is 0. The number of carbonyl (C=O) groups excluding carboxylic acids is 1. The highest BCUT2D eigenvalue weighted by Crippen LogP contribution is 2.35. The van der Waals surface area contributed by atoms with E-state index in [1.54, 1.807) is 23.9 Å². The second-order valence-electron chi connectivity index (χ2n) is 6.31. The topological polar surface area (TPSA) is 132 Å². The summed E-state index contributed by atoms with van der Waals surface area (Å²) in [5, 5.41) is 18.6. The number of benzene rings is 1. The molecule has 0 aliphatic carbocycles. The molecule has 138 valence electrons. The van der Waals surface area contributed by atoms with Gasteiger partial charge in [-0.3, -0.25) is 14.9 Å². The van der Waals surface area contributed by atoms with Crippen molar-refractivity contribution in [1.82, 2.24) is 20.1 Å². The van der Waals surface area contributed by atoms with Gasteiger partial charge in [0.15, 0.2) is 11.5 Å². The number of amides is 1. The third kappa shape index (κ3) is 2.90. The Hall–Kier alpha value is -3.69. The number of hydrogen-bond donors (Lipinski definition) is 2. The molecule has 1 aromatic carbocycles. The van der Waals surface area contributed by atoms with Crippen molar-refractivity contribution in [1.29, 1.82) is 0 Å². The first kappa shape index (κ1) is 16.8. The number of nitrogens with two attached hydrogens (primary N) is 1. The van der Waals surface area contributed by atoms with Gasteiger partial charge in [-0.2, -0.15) is 5.10 Å². The molecular weight excluding hydrogens is 350 g/mol. The number of carbonyl (C=O) groups is 1. The Morgan fingerprint density at radius 2 is 2.04 bits per heavy atom. The average molecular weight is 367 g/mol. The number of aryl methyl sites for hydroxylation is 1. The standard InChI is InChI=1S/C17H17N7O3/c1-22-17-15(16(18)21-22)12(10-2-4-11(5-3-10)24(26)27)8-13(20-17)23-7-6-19-14(25)9-23/h2-5,8H,6-7,9H2,1H3,(H2,18,21)(H,19,25). The van der Waals surface area contributed by atoms with Crippen LogP contribution in [0, 0.1) is 10.1 Å². The molecule has 1 amide bonds. The van der Waals surface area contributed by atoms with Crippen molar-refractivity contribution < 1.29 is 9.72 Å². The van der Waals surface area contributed by atoms with E-state index in [9.17, 15) is 14.9 Å².